The second kappa shape index (κ2) is 8.91. The number of hydrogen-bond donors (Lipinski definition) is 3. The van der Waals surface area contributed by atoms with Gasteiger partial charge in [0, 0.05) is 49.9 Å². The topological polar surface area (TPSA) is 83.7 Å². The summed E-state index contributed by atoms with van der Waals surface area (Å²) in [6, 6.07) is 0. The van der Waals surface area contributed by atoms with Crippen molar-refractivity contribution in [1.29, 1.82) is 0 Å². The molecule has 1 atom stereocenters. The molecule has 142 valence electrons. The first-order valence-corrected chi connectivity index (χ1v) is 10.00. The molecule has 1 unspecified atom stereocenters. The third-order valence-corrected chi connectivity index (χ3v) is 6.05. The number of nitrogens with zero attached hydrogens (tertiary/aromatic N) is 3. The zero-order chi connectivity index (χ0) is 18.3. The van der Waals surface area contributed by atoms with Crippen molar-refractivity contribution in [3.8, 4) is 0 Å². The number of aliphatic hydroxyl groups is 1. The summed E-state index contributed by atoms with van der Waals surface area (Å²) in [5.41, 5.74) is -0.286. The van der Waals surface area contributed by atoms with Crippen molar-refractivity contribution in [3.63, 3.8) is 0 Å². The highest BCUT2D eigenvalue weighted by molar-refractivity contribution is 8.00. The lowest BCUT2D eigenvalue weighted by Crippen LogP contribution is -2.48. The largest absolute Gasteiger partial charge is 0.383 e. The molecule has 7 nitrogen and oxygen atoms in total. The molecule has 1 fully saturated rings. The standard InChI is InChI=1S/C17H31N5O2S/c1-5-18-15(20-13-17(25-4)6-8-24-9-7-17)19-12-16(2,23)14-10-21-22(3)11-14/h10-11,23H,5-9,12-13H2,1-4H3,(H2,18,19,20). The second-order valence-corrected chi connectivity index (χ2v) is 8.00. The van der Waals surface area contributed by atoms with E-state index in [4.69, 9.17) is 4.74 Å². The minimum Gasteiger partial charge on any atom is -0.383 e. The lowest BCUT2D eigenvalue weighted by atomic mass is 9.99. The molecule has 0 aromatic carbocycles. The SMILES string of the molecule is CCNC(=NCC(C)(O)c1cnn(C)c1)NCC1(SC)CCOCC1. The summed E-state index contributed by atoms with van der Waals surface area (Å²) in [4.78, 5) is 4.59. The molecule has 2 heterocycles. The van der Waals surface area contributed by atoms with Crippen molar-refractivity contribution in [3.05, 3.63) is 18.0 Å². The maximum atomic E-state index is 10.7. The van der Waals surface area contributed by atoms with E-state index in [0.717, 1.165) is 50.7 Å². The Balaban J connectivity index is 2.00. The Morgan fingerprint density at radius 1 is 1.48 bits per heavy atom. The van der Waals surface area contributed by atoms with E-state index in [0.29, 0.717) is 0 Å². The Kier molecular flexibility index (Phi) is 7.15. The van der Waals surface area contributed by atoms with Crippen molar-refractivity contribution in [2.24, 2.45) is 12.0 Å². The van der Waals surface area contributed by atoms with E-state index in [1.165, 1.54) is 0 Å². The van der Waals surface area contributed by atoms with Crippen molar-refractivity contribution < 1.29 is 9.84 Å². The molecule has 1 aromatic heterocycles. The molecule has 25 heavy (non-hydrogen) atoms. The van der Waals surface area contributed by atoms with Gasteiger partial charge in [-0.15, -0.1) is 0 Å². The van der Waals surface area contributed by atoms with Gasteiger partial charge in [-0.05, 0) is 32.9 Å². The van der Waals surface area contributed by atoms with Crippen LogP contribution in [0.5, 0.6) is 0 Å². The zero-order valence-electron chi connectivity index (χ0n) is 15.7. The van der Waals surface area contributed by atoms with Crippen LogP contribution in [0.15, 0.2) is 17.4 Å². The molecule has 1 aliphatic rings. The van der Waals surface area contributed by atoms with Gasteiger partial charge in [0.1, 0.15) is 5.60 Å². The van der Waals surface area contributed by atoms with E-state index < -0.39 is 5.60 Å². The number of hydrogen-bond acceptors (Lipinski definition) is 5. The number of rotatable bonds is 7. The third kappa shape index (κ3) is 5.62. The van der Waals surface area contributed by atoms with Crippen LogP contribution >= 0.6 is 11.8 Å². The van der Waals surface area contributed by atoms with Crippen LogP contribution in [-0.2, 0) is 17.4 Å². The van der Waals surface area contributed by atoms with Gasteiger partial charge in [-0.2, -0.15) is 16.9 Å². The molecule has 2 rings (SSSR count). The van der Waals surface area contributed by atoms with Crippen molar-refractivity contribution in [2.45, 2.75) is 37.0 Å². The Bertz CT molecular complexity index is 567. The molecule has 1 saturated heterocycles. The molecule has 0 radical (unpaired) electrons. The molecule has 0 saturated carbocycles. The number of aromatic nitrogens is 2. The minimum atomic E-state index is -1.05. The van der Waals surface area contributed by atoms with Gasteiger partial charge in [-0.1, -0.05) is 0 Å². The van der Waals surface area contributed by atoms with Crippen LogP contribution in [0.4, 0.5) is 0 Å². The predicted molar refractivity (Wildman–Crippen MR) is 103 cm³/mol. The molecular weight excluding hydrogens is 338 g/mol. The van der Waals surface area contributed by atoms with Gasteiger partial charge in [0.25, 0.3) is 0 Å². The van der Waals surface area contributed by atoms with Crippen LogP contribution in [-0.4, -0.2) is 64.7 Å². The number of nitrogens with one attached hydrogen (secondary N) is 2. The van der Waals surface area contributed by atoms with Crippen LogP contribution in [0, 0.1) is 0 Å². The highest BCUT2D eigenvalue weighted by Crippen LogP contribution is 2.32. The summed E-state index contributed by atoms with van der Waals surface area (Å²) in [7, 11) is 1.84. The second-order valence-electron chi connectivity index (χ2n) is 6.72. The zero-order valence-corrected chi connectivity index (χ0v) is 16.5. The number of guanidine groups is 1. The Labute approximate surface area is 154 Å². The fourth-order valence-electron chi connectivity index (χ4n) is 2.81. The number of ether oxygens (including phenoxy) is 1. The first kappa shape index (κ1) is 20.1. The average molecular weight is 370 g/mol. The summed E-state index contributed by atoms with van der Waals surface area (Å²) in [6.45, 7) is 7.30. The van der Waals surface area contributed by atoms with Gasteiger partial charge in [0.2, 0.25) is 0 Å². The monoisotopic (exact) mass is 369 g/mol. The Morgan fingerprint density at radius 3 is 2.76 bits per heavy atom. The van der Waals surface area contributed by atoms with Gasteiger partial charge in [0.05, 0.1) is 12.7 Å². The Hall–Kier alpha value is -1.25. The van der Waals surface area contributed by atoms with E-state index >= 15 is 0 Å². The molecule has 0 amide bonds. The van der Waals surface area contributed by atoms with Crippen LogP contribution < -0.4 is 10.6 Å². The maximum Gasteiger partial charge on any atom is 0.191 e. The summed E-state index contributed by atoms with van der Waals surface area (Å²) in [6.07, 6.45) is 7.73. The van der Waals surface area contributed by atoms with Crippen LogP contribution in [0.25, 0.3) is 0 Å². The summed E-state index contributed by atoms with van der Waals surface area (Å²) in [5, 5.41) is 21.5. The van der Waals surface area contributed by atoms with Gasteiger partial charge >= 0.3 is 0 Å². The fourth-order valence-corrected chi connectivity index (χ4v) is 3.60. The number of aryl methyl sites for hydroxylation is 1. The number of aliphatic imine (C=N–C) groups is 1. The van der Waals surface area contributed by atoms with E-state index in [9.17, 15) is 5.11 Å². The van der Waals surface area contributed by atoms with E-state index in [1.54, 1.807) is 17.8 Å². The smallest absolute Gasteiger partial charge is 0.191 e. The van der Waals surface area contributed by atoms with Crippen molar-refractivity contribution in [1.82, 2.24) is 20.4 Å². The van der Waals surface area contributed by atoms with E-state index in [2.05, 4.69) is 27.0 Å². The van der Waals surface area contributed by atoms with Crippen LogP contribution in [0.1, 0.15) is 32.3 Å². The lowest BCUT2D eigenvalue weighted by Gasteiger charge is -2.36. The van der Waals surface area contributed by atoms with E-state index in [-0.39, 0.29) is 11.3 Å². The molecule has 0 spiro atoms. The highest BCUT2D eigenvalue weighted by Gasteiger charge is 2.32. The maximum absolute atomic E-state index is 10.7. The van der Waals surface area contributed by atoms with Crippen molar-refractivity contribution >= 4 is 17.7 Å². The molecule has 8 heteroatoms. The fraction of sp³-hybridized carbons (Fsp3) is 0.765. The summed E-state index contributed by atoms with van der Waals surface area (Å²) < 4.78 is 7.36. The van der Waals surface area contributed by atoms with E-state index in [1.807, 2.05) is 31.9 Å². The first-order valence-electron chi connectivity index (χ1n) is 8.77. The molecule has 3 N–H and O–H groups in total. The predicted octanol–water partition coefficient (Wildman–Crippen LogP) is 1.09. The van der Waals surface area contributed by atoms with Gasteiger partial charge in [-0.25, -0.2) is 4.99 Å². The molecule has 1 aromatic rings. The molecule has 1 aliphatic heterocycles. The molecule has 0 aliphatic carbocycles. The normalized spacial score (nSPS) is 20.1. The first-order chi connectivity index (χ1) is 11.9. The van der Waals surface area contributed by atoms with Gasteiger partial charge < -0.3 is 20.5 Å². The Morgan fingerprint density at radius 2 is 2.20 bits per heavy atom. The minimum absolute atomic E-state index is 0.181. The average Bonchev–Trinajstić information content (AvgIpc) is 3.06. The number of thioether (sulfide) groups is 1. The van der Waals surface area contributed by atoms with Crippen LogP contribution in [0.2, 0.25) is 0 Å². The quantitative estimate of drug-likeness (QED) is 0.493. The highest BCUT2D eigenvalue weighted by atomic mass is 32.2. The van der Waals surface area contributed by atoms with Gasteiger partial charge in [0.15, 0.2) is 5.96 Å². The van der Waals surface area contributed by atoms with Crippen molar-refractivity contribution in [2.75, 3.05) is 39.1 Å². The summed E-state index contributed by atoms with van der Waals surface area (Å²) in [5.74, 6) is 0.728. The lowest BCUT2D eigenvalue weighted by molar-refractivity contribution is 0.0671. The van der Waals surface area contributed by atoms with Gasteiger partial charge in [-0.3, -0.25) is 4.68 Å². The summed E-state index contributed by atoms with van der Waals surface area (Å²) >= 11 is 1.89. The third-order valence-electron chi connectivity index (χ3n) is 4.63. The molecule has 0 bridgehead atoms. The molecular formula is C17H31N5O2S. The van der Waals surface area contributed by atoms with Crippen LogP contribution in [0.3, 0.4) is 0 Å².